The molecule has 4 nitrogen and oxygen atoms in total. The quantitative estimate of drug-likeness (QED) is 0.495. The van der Waals surface area contributed by atoms with Crippen molar-refractivity contribution in [3.05, 3.63) is 71.4 Å². The lowest BCUT2D eigenvalue weighted by Gasteiger charge is -1.91. The third-order valence-electron chi connectivity index (χ3n) is 3.52. The molecule has 0 N–H and O–H groups in total. The molecule has 0 atom stereocenters. The van der Waals surface area contributed by atoms with Crippen LogP contribution in [0.25, 0.3) is 33.2 Å². The van der Waals surface area contributed by atoms with Crippen LogP contribution in [0.1, 0.15) is 10.7 Å². The Morgan fingerprint density at radius 2 is 1.88 bits per heavy atom. The minimum Gasteiger partial charge on any atom is -0.356 e. The van der Waals surface area contributed by atoms with E-state index in [1.54, 1.807) is 6.08 Å². The van der Waals surface area contributed by atoms with Crippen LogP contribution in [0.2, 0.25) is 0 Å². The molecular weight excluding hydrogens is 318 g/mol. The number of rotatable bonds is 3. The second-order valence-electron chi connectivity index (χ2n) is 5.14. The van der Waals surface area contributed by atoms with E-state index in [0.29, 0.717) is 22.0 Å². The molecule has 0 radical (unpaired) electrons. The van der Waals surface area contributed by atoms with Crippen molar-refractivity contribution in [2.75, 3.05) is 0 Å². The van der Waals surface area contributed by atoms with E-state index in [2.05, 4.69) is 16.2 Å². The lowest BCUT2D eigenvalue weighted by atomic mass is 10.1. The SMILES string of the molecule is N#C/C(=C\c1cc(-c2ccccc2)on1)c1nc2ccccc2s1. The Kier molecular flexibility index (Phi) is 3.66. The average Bonchev–Trinajstić information content (AvgIpc) is 3.27. The van der Waals surface area contributed by atoms with Crippen LogP contribution in [0.4, 0.5) is 0 Å². The number of thiazole rings is 1. The third kappa shape index (κ3) is 2.71. The summed E-state index contributed by atoms with van der Waals surface area (Å²) in [5, 5.41) is 14.2. The molecule has 0 aliphatic rings. The van der Waals surface area contributed by atoms with Gasteiger partial charge < -0.3 is 4.52 Å². The number of hydrogen-bond acceptors (Lipinski definition) is 5. The molecule has 114 valence electrons. The topological polar surface area (TPSA) is 62.7 Å². The smallest absolute Gasteiger partial charge is 0.167 e. The summed E-state index contributed by atoms with van der Waals surface area (Å²) in [4.78, 5) is 4.51. The molecule has 2 aromatic heterocycles. The van der Waals surface area contributed by atoms with Gasteiger partial charge in [-0.25, -0.2) is 4.98 Å². The highest BCUT2D eigenvalue weighted by Crippen LogP contribution is 2.28. The van der Waals surface area contributed by atoms with Crippen molar-refractivity contribution in [1.82, 2.24) is 10.1 Å². The van der Waals surface area contributed by atoms with E-state index in [4.69, 9.17) is 4.52 Å². The fourth-order valence-corrected chi connectivity index (χ4v) is 3.30. The van der Waals surface area contributed by atoms with E-state index >= 15 is 0 Å². The molecule has 0 fully saturated rings. The van der Waals surface area contributed by atoms with Gasteiger partial charge in [-0.3, -0.25) is 0 Å². The molecule has 4 aromatic rings. The van der Waals surface area contributed by atoms with Gasteiger partial charge in [-0.05, 0) is 18.2 Å². The molecule has 0 spiro atoms. The number of aromatic nitrogens is 2. The summed E-state index contributed by atoms with van der Waals surface area (Å²) in [6.45, 7) is 0. The van der Waals surface area contributed by atoms with E-state index in [0.717, 1.165) is 15.8 Å². The van der Waals surface area contributed by atoms with Gasteiger partial charge in [0.2, 0.25) is 0 Å². The normalized spacial score (nSPS) is 11.5. The summed E-state index contributed by atoms with van der Waals surface area (Å²) in [6, 6.07) is 21.6. The standard InChI is InChI=1S/C19H11N3OS/c20-12-14(19-21-16-8-4-5-9-18(16)24-19)10-15-11-17(23-22-15)13-6-2-1-3-7-13/h1-11H/b14-10+. The first-order valence-electron chi connectivity index (χ1n) is 7.33. The van der Waals surface area contributed by atoms with Crippen molar-refractivity contribution >= 4 is 33.2 Å². The lowest BCUT2D eigenvalue weighted by molar-refractivity contribution is 0.430. The van der Waals surface area contributed by atoms with Gasteiger partial charge in [0, 0.05) is 11.6 Å². The maximum atomic E-state index is 9.48. The molecule has 4 rings (SSSR count). The molecule has 2 aromatic carbocycles. The summed E-state index contributed by atoms with van der Waals surface area (Å²) in [6.07, 6.45) is 1.70. The highest BCUT2D eigenvalue weighted by molar-refractivity contribution is 7.19. The number of allylic oxidation sites excluding steroid dienone is 1. The van der Waals surface area contributed by atoms with E-state index in [9.17, 15) is 5.26 Å². The third-order valence-corrected chi connectivity index (χ3v) is 4.59. The van der Waals surface area contributed by atoms with Gasteiger partial charge in [0.25, 0.3) is 0 Å². The molecule has 0 amide bonds. The van der Waals surface area contributed by atoms with E-state index in [1.165, 1.54) is 11.3 Å². The maximum absolute atomic E-state index is 9.48. The van der Waals surface area contributed by atoms with Crippen LogP contribution in [0.3, 0.4) is 0 Å². The second-order valence-corrected chi connectivity index (χ2v) is 6.17. The summed E-state index contributed by atoms with van der Waals surface area (Å²) < 4.78 is 6.42. The van der Waals surface area contributed by atoms with Crippen LogP contribution in [0.5, 0.6) is 0 Å². The van der Waals surface area contributed by atoms with Gasteiger partial charge in [-0.1, -0.05) is 47.6 Å². The first kappa shape index (κ1) is 14.4. The second kappa shape index (κ2) is 6.11. The van der Waals surface area contributed by atoms with Gasteiger partial charge in [0.05, 0.1) is 15.8 Å². The molecule has 0 saturated carbocycles. The van der Waals surface area contributed by atoms with Gasteiger partial charge in [-0.15, -0.1) is 11.3 Å². The lowest BCUT2D eigenvalue weighted by Crippen LogP contribution is -1.80. The highest BCUT2D eigenvalue weighted by Gasteiger charge is 2.11. The minimum absolute atomic E-state index is 0.476. The first-order chi connectivity index (χ1) is 11.8. The van der Waals surface area contributed by atoms with Crippen LogP contribution >= 0.6 is 11.3 Å². The Morgan fingerprint density at radius 3 is 2.67 bits per heavy atom. The largest absolute Gasteiger partial charge is 0.356 e. The van der Waals surface area contributed by atoms with Crippen LogP contribution in [0, 0.1) is 11.3 Å². The van der Waals surface area contributed by atoms with Crippen molar-refractivity contribution < 1.29 is 4.52 Å². The maximum Gasteiger partial charge on any atom is 0.167 e. The van der Waals surface area contributed by atoms with Gasteiger partial charge in [0.15, 0.2) is 5.76 Å². The summed E-state index contributed by atoms with van der Waals surface area (Å²) in [5.41, 5.74) is 2.92. The predicted molar refractivity (Wildman–Crippen MR) is 95.0 cm³/mol. The Balaban J connectivity index is 1.71. The van der Waals surface area contributed by atoms with Crippen LogP contribution in [0.15, 0.2) is 65.2 Å². The molecule has 0 aliphatic heterocycles. The van der Waals surface area contributed by atoms with Gasteiger partial charge >= 0.3 is 0 Å². The van der Waals surface area contributed by atoms with Crippen LogP contribution in [-0.2, 0) is 0 Å². The number of para-hydroxylation sites is 1. The zero-order valence-electron chi connectivity index (χ0n) is 12.5. The van der Waals surface area contributed by atoms with Crippen molar-refractivity contribution in [2.24, 2.45) is 0 Å². The van der Waals surface area contributed by atoms with Crippen molar-refractivity contribution in [3.63, 3.8) is 0 Å². The molecule has 2 heterocycles. The monoisotopic (exact) mass is 329 g/mol. The number of nitrogens with zero attached hydrogens (tertiary/aromatic N) is 3. The zero-order valence-corrected chi connectivity index (χ0v) is 13.3. The van der Waals surface area contributed by atoms with Crippen LogP contribution < -0.4 is 0 Å². The number of hydrogen-bond donors (Lipinski definition) is 0. The summed E-state index contributed by atoms with van der Waals surface area (Å²) in [5.74, 6) is 0.670. The Hall–Kier alpha value is -3.23. The zero-order chi connectivity index (χ0) is 16.4. The molecule has 5 heteroatoms. The fourth-order valence-electron chi connectivity index (χ4n) is 2.37. The Labute approximate surface area is 142 Å². The molecule has 0 bridgehead atoms. The first-order valence-corrected chi connectivity index (χ1v) is 8.15. The van der Waals surface area contributed by atoms with Crippen molar-refractivity contribution in [1.29, 1.82) is 5.26 Å². The molecular formula is C19H11N3OS. The predicted octanol–water partition coefficient (Wildman–Crippen LogP) is 5.02. The molecule has 0 aliphatic carbocycles. The molecule has 0 saturated heterocycles. The molecule has 24 heavy (non-hydrogen) atoms. The number of nitriles is 1. The van der Waals surface area contributed by atoms with E-state index in [1.807, 2.05) is 60.7 Å². The van der Waals surface area contributed by atoms with E-state index < -0.39 is 0 Å². The number of fused-ring (bicyclic) bond motifs is 1. The van der Waals surface area contributed by atoms with Gasteiger partial charge in [0.1, 0.15) is 16.8 Å². The minimum atomic E-state index is 0.476. The van der Waals surface area contributed by atoms with Crippen molar-refractivity contribution in [2.45, 2.75) is 0 Å². The van der Waals surface area contributed by atoms with Crippen LogP contribution in [-0.4, -0.2) is 10.1 Å². The number of benzene rings is 2. The average molecular weight is 329 g/mol. The summed E-state index contributed by atoms with van der Waals surface area (Å²) >= 11 is 1.49. The summed E-state index contributed by atoms with van der Waals surface area (Å²) in [7, 11) is 0. The fraction of sp³-hybridized carbons (Fsp3) is 0. The highest BCUT2D eigenvalue weighted by atomic mass is 32.1. The van der Waals surface area contributed by atoms with Crippen molar-refractivity contribution in [3.8, 4) is 17.4 Å². The molecule has 0 unspecified atom stereocenters. The Morgan fingerprint density at radius 1 is 1.08 bits per heavy atom. The van der Waals surface area contributed by atoms with Gasteiger partial charge in [-0.2, -0.15) is 5.26 Å². The Bertz CT molecular complexity index is 1040. The van der Waals surface area contributed by atoms with E-state index in [-0.39, 0.29) is 0 Å².